The summed E-state index contributed by atoms with van der Waals surface area (Å²) in [5.74, 6) is 1.94. The van der Waals surface area contributed by atoms with Crippen LogP contribution < -0.4 is 11.1 Å². The first-order valence-electron chi connectivity index (χ1n) is 7.47. The number of benzene rings is 1. The Morgan fingerprint density at radius 2 is 2.00 bits per heavy atom. The van der Waals surface area contributed by atoms with E-state index >= 15 is 0 Å². The number of hydrogen-bond acceptors (Lipinski definition) is 3. The summed E-state index contributed by atoms with van der Waals surface area (Å²) in [6, 6.07) is 8.04. The SMILES string of the molecule is CCSc1ccccc1NC(=O)C1CCC(CN)CC1. The van der Waals surface area contributed by atoms with Crippen molar-refractivity contribution in [3.63, 3.8) is 0 Å². The van der Waals surface area contributed by atoms with Gasteiger partial charge in [0.2, 0.25) is 5.91 Å². The number of thioether (sulfide) groups is 1. The lowest BCUT2D eigenvalue weighted by Crippen LogP contribution is -2.29. The van der Waals surface area contributed by atoms with E-state index in [1.165, 1.54) is 0 Å². The molecule has 1 aliphatic rings. The normalized spacial score (nSPS) is 22.5. The molecule has 0 unspecified atom stereocenters. The van der Waals surface area contributed by atoms with Crippen LogP contribution in [0.25, 0.3) is 0 Å². The standard InChI is InChI=1S/C16H24N2OS/c1-2-20-15-6-4-3-5-14(15)18-16(19)13-9-7-12(11-17)8-10-13/h3-6,12-13H,2,7-11,17H2,1H3,(H,18,19). The predicted octanol–water partition coefficient (Wildman–Crippen LogP) is 3.50. The third kappa shape index (κ3) is 4.00. The zero-order valence-electron chi connectivity index (χ0n) is 12.1. The molecule has 1 amide bonds. The molecular formula is C16H24N2OS. The molecule has 0 spiro atoms. The van der Waals surface area contributed by atoms with E-state index in [1.807, 2.05) is 18.2 Å². The van der Waals surface area contributed by atoms with Gasteiger partial charge >= 0.3 is 0 Å². The van der Waals surface area contributed by atoms with Crippen LogP contribution in [0, 0.1) is 11.8 Å². The first-order valence-corrected chi connectivity index (χ1v) is 8.46. The maximum Gasteiger partial charge on any atom is 0.227 e. The first kappa shape index (κ1) is 15.4. The fraction of sp³-hybridized carbons (Fsp3) is 0.562. The van der Waals surface area contributed by atoms with Crippen LogP contribution in [0.2, 0.25) is 0 Å². The molecule has 0 aromatic heterocycles. The molecule has 3 N–H and O–H groups in total. The average molecular weight is 292 g/mol. The van der Waals surface area contributed by atoms with Gasteiger partial charge in [0, 0.05) is 10.8 Å². The summed E-state index contributed by atoms with van der Waals surface area (Å²) >= 11 is 1.76. The van der Waals surface area contributed by atoms with Gasteiger partial charge in [-0.3, -0.25) is 4.79 Å². The second-order valence-corrected chi connectivity index (χ2v) is 6.68. The Balaban J connectivity index is 1.95. The minimum atomic E-state index is 0.150. The van der Waals surface area contributed by atoms with Gasteiger partial charge < -0.3 is 11.1 Å². The summed E-state index contributed by atoms with van der Waals surface area (Å²) < 4.78 is 0. The van der Waals surface area contributed by atoms with Gasteiger partial charge in [-0.2, -0.15) is 0 Å². The number of carbonyl (C=O) groups excluding carboxylic acids is 1. The van der Waals surface area contributed by atoms with Crippen LogP contribution in [-0.2, 0) is 4.79 Å². The van der Waals surface area contributed by atoms with Gasteiger partial charge in [-0.15, -0.1) is 11.8 Å². The summed E-state index contributed by atoms with van der Waals surface area (Å²) in [6.45, 7) is 2.88. The third-order valence-corrected chi connectivity index (χ3v) is 4.95. The smallest absolute Gasteiger partial charge is 0.227 e. The summed E-state index contributed by atoms with van der Waals surface area (Å²) in [7, 11) is 0. The van der Waals surface area contributed by atoms with Crippen molar-refractivity contribution in [3.8, 4) is 0 Å². The molecule has 20 heavy (non-hydrogen) atoms. The maximum absolute atomic E-state index is 12.4. The molecule has 0 radical (unpaired) electrons. The zero-order chi connectivity index (χ0) is 14.4. The lowest BCUT2D eigenvalue weighted by molar-refractivity contribution is -0.121. The molecule has 4 heteroatoms. The van der Waals surface area contributed by atoms with Crippen molar-refractivity contribution < 1.29 is 4.79 Å². The van der Waals surface area contributed by atoms with Crippen LogP contribution in [0.15, 0.2) is 29.2 Å². The van der Waals surface area contributed by atoms with Crippen molar-refractivity contribution in [2.45, 2.75) is 37.5 Å². The van der Waals surface area contributed by atoms with Gasteiger partial charge in [0.25, 0.3) is 0 Å². The molecule has 0 heterocycles. The molecule has 0 atom stereocenters. The number of carbonyl (C=O) groups is 1. The quantitative estimate of drug-likeness (QED) is 0.817. The monoisotopic (exact) mass is 292 g/mol. The number of amides is 1. The lowest BCUT2D eigenvalue weighted by atomic mass is 9.81. The van der Waals surface area contributed by atoms with Crippen molar-refractivity contribution in [1.82, 2.24) is 0 Å². The van der Waals surface area contributed by atoms with E-state index in [0.29, 0.717) is 5.92 Å². The molecule has 1 saturated carbocycles. The van der Waals surface area contributed by atoms with Gasteiger partial charge in [0.05, 0.1) is 5.69 Å². The van der Waals surface area contributed by atoms with Crippen molar-refractivity contribution in [1.29, 1.82) is 0 Å². The molecule has 1 aromatic rings. The highest BCUT2D eigenvalue weighted by atomic mass is 32.2. The van der Waals surface area contributed by atoms with E-state index in [0.717, 1.165) is 48.6 Å². The molecule has 3 nitrogen and oxygen atoms in total. The molecule has 0 aliphatic heterocycles. The zero-order valence-corrected chi connectivity index (χ0v) is 12.9. The Bertz CT molecular complexity index is 442. The van der Waals surface area contributed by atoms with Crippen LogP contribution in [0.4, 0.5) is 5.69 Å². The number of hydrogen-bond donors (Lipinski definition) is 2. The van der Waals surface area contributed by atoms with Gasteiger partial charge in [0.1, 0.15) is 0 Å². The molecule has 0 bridgehead atoms. The number of rotatable bonds is 5. The highest BCUT2D eigenvalue weighted by Crippen LogP contribution is 2.31. The van der Waals surface area contributed by atoms with Crippen LogP contribution in [-0.4, -0.2) is 18.2 Å². The van der Waals surface area contributed by atoms with Crippen LogP contribution in [0.5, 0.6) is 0 Å². The minimum absolute atomic E-state index is 0.150. The molecular weight excluding hydrogens is 268 g/mol. The Labute approximate surface area is 125 Å². The first-order chi connectivity index (χ1) is 9.74. The second kappa shape index (κ2) is 7.70. The predicted molar refractivity (Wildman–Crippen MR) is 86.0 cm³/mol. The molecule has 2 rings (SSSR count). The second-order valence-electron chi connectivity index (χ2n) is 5.37. The van der Waals surface area contributed by atoms with Gasteiger partial charge in [-0.1, -0.05) is 19.1 Å². The van der Waals surface area contributed by atoms with E-state index in [1.54, 1.807) is 11.8 Å². The number of para-hydroxylation sites is 1. The van der Waals surface area contributed by atoms with E-state index < -0.39 is 0 Å². The van der Waals surface area contributed by atoms with Crippen molar-refractivity contribution in [2.24, 2.45) is 17.6 Å². The van der Waals surface area contributed by atoms with Crippen molar-refractivity contribution in [2.75, 3.05) is 17.6 Å². The highest BCUT2D eigenvalue weighted by molar-refractivity contribution is 7.99. The largest absolute Gasteiger partial charge is 0.330 e. The molecule has 110 valence electrons. The van der Waals surface area contributed by atoms with Gasteiger partial charge in [-0.05, 0) is 56.0 Å². The topological polar surface area (TPSA) is 55.1 Å². The van der Waals surface area contributed by atoms with E-state index in [4.69, 9.17) is 5.73 Å². The van der Waals surface area contributed by atoms with Crippen molar-refractivity contribution in [3.05, 3.63) is 24.3 Å². The fourth-order valence-corrected chi connectivity index (χ4v) is 3.51. The third-order valence-electron chi connectivity index (χ3n) is 4.00. The summed E-state index contributed by atoms with van der Waals surface area (Å²) in [5.41, 5.74) is 6.65. The van der Waals surface area contributed by atoms with Crippen LogP contribution in [0.1, 0.15) is 32.6 Å². The fourth-order valence-electron chi connectivity index (χ4n) is 2.75. The lowest BCUT2D eigenvalue weighted by Gasteiger charge is -2.27. The Morgan fingerprint density at radius 1 is 1.30 bits per heavy atom. The van der Waals surface area contributed by atoms with E-state index in [2.05, 4.69) is 18.3 Å². The number of anilines is 1. The summed E-state index contributed by atoms with van der Waals surface area (Å²) in [5, 5.41) is 3.11. The Kier molecular flexibility index (Phi) is 5.92. The highest BCUT2D eigenvalue weighted by Gasteiger charge is 2.25. The molecule has 1 fully saturated rings. The summed E-state index contributed by atoms with van der Waals surface area (Å²) in [6.07, 6.45) is 4.10. The van der Waals surface area contributed by atoms with E-state index in [-0.39, 0.29) is 11.8 Å². The average Bonchev–Trinajstić information content (AvgIpc) is 2.49. The molecule has 1 aliphatic carbocycles. The molecule has 0 saturated heterocycles. The summed E-state index contributed by atoms with van der Waals surface area (Å²) in [4.78, 5) is 13.5. The Morgan fingerprint density at radius 3 is 2.65 bits per heavy atom. The molecule has 1 aromatic carbocycles. The maximum atomic E-state index is 12.4. The minimum Gasteiger partial charge on any atom is -0.330 e. The van der Waals surface area contributed by atoms with Crippen LogP contribution in [0.3, 0.4) is 0 Å². The Hall–Kier alpha value is -1.00. The number of nitrogens with one attached hydrogen (secondary N) is 1. The van der Waals surface area contributed by atoms with E-state index in [9.17, 15) is 4.79 Å². The van der Waals surface area contributed by atoms with Crippen LogP contribution >= 0.6 is 11.8 Å². The van der Waals surface area contributed by atoms with Crippen molar-refractivity contribution >= 4 is 23.4 Å². The van der Waals surface area contributed by atoms with Gasteiger partial charge in [0.15, 0.2) is 0 Å². The number of nitrogens with two attached hydrogens (primary N) is 1. The van der Waals surface area contributed by atoms with Gasteiger partial charge in [-0.25, -0.2) is 0 Å².